The van der Waals surface area contributed by atoms with E-state index in [-0.39, 0.29) is 24.4 Å². The van der Waals surface area contributed by atoms with Crippen LogP contribution < -0.4 is 17.0 Å². The number of aryl methyl sites for hydroxylation is 2. The van der Waals surface area contributed by atoms with E-state index in [1.54, 1.807) is 0 Å². The molecule has 1 aromatic rings. The van der Waals surface area contributed by atoms with Crippen LogP contribution in [0.1, 0.15) is 29.7 Å². The Balaban J connectivity index is 0.00000162. The number of hydrogen-bond donors (Lipinski definition) is 3. The number of primary amides is 1. The van der Waals surface area contributed by atoms with Crippen LogP contribution in [0.2, 0.25) is 0 Å². The van der Waals surface area contributed by atoms with Crippen molar-refractivity contribution in [3.63, 3.8) is 0 Å². The molecule has 0 aliphatic heterocycles. The lowest BCUT2D eigenvalue weighted by Crippen LogP contribution is -2.39. The second-order valence-corrected chi connectivity index (χ2v) is 4.55. The van der Waals surface area contributed by atoms with E-state index in [2.05, 4.69) is 4.98 Å². The Morgan fingerprint density at radius 3 is 2.72 bits per heavy atom. The number of fused-ring (bicyclic) bond motifs is 1. The Morgan fingerprint density at radius 2 is 2.06 bits per heavy atom. The van der Waals surface area contributed by atoms with E-state index in [0.717, 1.165) is 31.4 Å². The van der Waals surface area contributed by atoms with Crippen LogP contribution in [0, 0.1) is 0 Å². The molecule has 0 fully saturated rings. The van der Waals surface area contributed by atoms with E-state index in [9.17, 15) is 9.59 Å². The molecule has 0 aromatic carbocycles. The van der Waals surface area contributed by atoms with Crippen molar-refractivity contribution >= 4 is 18.3 Å². The first-order valence-corrected chi connectivity index (χ1v) is 5.87. The Morgan fingerprint density at radius 1 is 1.39 bits per heavy atom. The highest BCUT2D eigenvalue weighted by molar-refractivity contribution is 5.85. The molecule has 0 saturated heterocycles. The zero-order valence-corrected chi connectivity index (χ0v) is 10.9. The van der Waals surface area contributed by atoms with E-state index >= 15 is 0 Å². The van der Waals surface area contributed by atoms with Crippen LogP contribution in [0.4, 0.5) is 0 Å². The zero-order chi connectivity index (χ0) is 12.4. The van der Waals surface area contributed by atoms with Gasteiger partial charge >= 0.3 is 0 Å². The summed E-state index contributed by atoms with van der Waals surface area (Å²) in [7, 11) is 0. The molecule has 1 aliphatic rings. The highest BCUT2D eigenvalue weighted by atomic mass is 35.5. The maximum Gasteiger partial charge on any atom is 0.251 e. The molecule has 0 saturated carbocycles. The minimum Gasteiger partial charge on any atom is -0.368 e. The summed E-state index contributed by atoms with van der Waals surface area (Å²) < 4.78 is 0. The fourth-order valence-corrected chi connectivity index (χ4v) is 2.21. The van der Waals surface area contributed by atoms with Gasteiger partial charge in [0.05, 0.1) is 6.04 Å². The van der Waals surface area contributed by atoms with Crippen molar-refractivity contribution < 1.29 is 4.79 Å². The summed E-state index contributed by atoms with van der Waals surface area (Å²) in [6.07, 6.45) is 4.36. The number of carbonyl (C=O) groups excluding carboxylic acids is 1. The van der Waals surface area contributed by atoms with Gasteiger partial charge in [0.2, 0.25) is 5.91 Å². The summed E-state index contributed by atoms with van der Waals surface area (Å²) >= 11 is 0. The molecule has 1 aliphatic carbocycles. The van der Waals surface area contributed by atoms with Crippen molar-refractivity contribution in [1.82, 2.24) is 4.98 Å². The standard InChI is InChI=1S/C12H17N3O2.ClH/c13-9(11(14)16)6-8-5-7-3-1-2-4-10(7)15-12(8)17;/h5,9H,1-4,6,13H2,(H2,14,16)(H,15,17);1H. The number of rotatable bonds is 3. The third-order valence-electron chi connectivity index (χ3n) is 3.22. The Labute approximate surface area is 111 Å². The van der Waals surface area contributed by atoms with Crippen molar-refractivity contribution in [1.29, 1.82) is 0 Å². The smallest absolute Gasteiger partial charge is 0.251 e. The second kappa shape index (κ2) is 6.02. The van der Waals surface area contributed by atoms with E-state index in [1.807, 2.05) is 6.07 Å². The minimum absolute atomic E-state index is 0. The zero-order valence-electron chi connectivity index (χ0n) is 10.1. The van der Waals surface area contributed by atoms with Gasteiger partial charge in [0.25, 0.3) is 5.56 Å². The molecule has 1 unspecified atom stereocenters. The molecule has 1 atom stereocenters. The molecule has 6 heteroatoms. The quantitative estimate of drug-likeness (QED) is 0.723. The van der Waals surface area contributed by atoms with E-state index in [1.165, 1.54) is 5.56 Å². The summed E-state index contributed by atoms with van der Waals surface area (Å²) in [5.41, 5.74) is 13.3. The number of nitrogens with two attached hydrogens (primary N) is 2. The number of carbonyl (C=O) groups is 1. The predicted octanol–water partition coefficient (Wildman–Crippen LogP) is 0.0306. The molecule has 18 heavy (non-hydrogen) atoms. The first-order valence-electron chi connectivity index (χ1n) is 5.87. The van der Waals surface area contributed by atoms with Crippen LogP contribution in [0.3, 0.4) is 0 Å². The molecule has 100 valence electrons. The normalized spacial score (nSPS) is 15.4. The lowest BCUT2D eigenvalue weighted by Gasteiger charge is -2.16. The highest BCUT2D eigenvalue weighted by Gasteiger charge is 2.16. The molecule has 1 amide bonds. The Kier molecular flexibility index (Phi) is 4.93. The maximum absolute atomic E-state index is 11.8. The maximum atomic E-state index is 11.8. The van der Waals surface area contributed by atoms with Gasteiger partial charge in [-0.3, -0.25) is 9.59 Å². The van der Waals surface area contributed by atoms with Gasteiger partial charge in [-0.15, -0.1) is 12.4 Å². The van der Waals surface area contributed by atoms with Crippen LogP contribution in [0.15, 0.2) is 10.9 Å². The fraction of sp³-hybridized carbons (Fsp3) is 0.500. The molecule has 1 heterocycles. The minimum atomic E-state index is -0.794. The van der Waals surface area contributed by atoms with Crippen molar-refractivity contribution in [2.45, 2.75) is 38.1 Å². The number of aromatic amines is 1. The number of halogens is 1. The molecule has 0 bridgehead atoms. The molecule has 5 N–H and O–H groups in total. The second-order valence-electron chi connectivity index (χ2n) is 4.55. The Hall–Kier alpha value is -1.33. The van der Waals surface area contributed by atoms with Gasteiger partial charge in [-0.1, -0.05) is 0 Å². The van der Waals surface area contributed by atoms with Gasteiger partial charge in [0, 0.05) is 17.7 Å². The van der Waals surface area contributed by atoms with Crippen molar-refractivity contribution in [3.8, 4) is 0 Å². The van der Waals surface area contributed by atoms with E-state index in [0.29, 0.717) is 5.56 Å². The summed E-state index contributed by atoms with van der Waals surface area (Å²) in [5, 5.41) is 0. The third-order valence-corrected chi connectivity index (χ3v) is 3.22. The van der Waals surface area contributed by atoms with Crippen molar-refractivity contribution in [2.24, 2.45) is 11.5 Å². The number of aromatic nitrogens is 1. The monoisotopic (exact) mass is 271 g/mol. The molecule has 0 spiro atoms. The number of nitrogens with one attached hydrogen (secondary N) is 1. The number of amides is 1. The van der Waals surface area contributed by atoms with E-state index in [4.69, 9.17) is 11.5 Å². The summed E-state index contributed by atoms with van der Waals surface area (Å²) in [5.74, 6) is -0.581. The Bertz CT molecular complexity index is 499. The van der Waals surface area contributed by atoms with Crippen molar-refractivity contribution in [2.75, 3.05) is 0 Å². The van der Waals surface area contributed by atoms with Crippen molar-refractivity contribution in [3.05, 3.63) is 33.2 Å². The van der Waals surface area contributed by atoms with E-state index < -0.39 is 11.9 Å². The van der Waals surface area contributed by atoms with Gasteiger partial charge in [0.1, 0.15) is 0 Å². The molecule has 0 radical (unpaired) electrons. The average molecular weight is 272 g/mol. The number of H-pyrrole nitrogens is 1. The highest BCUT2D eigenvalue weighted by Crippen LogP contribution is 2.18. The van der Waals surface area contributed by atoms with Gasteiger partial charge in [-0.25, -0.2) is 0 Å². The van der Waals surface area contributed by atoms with Crippen LogP contribution >= 0.6 is 12.4 Å². The number of hydrogen-bond acceptors (Lipinski definition) is 3. The number of pyridine rings is 1. The van der Waals surface area contributed by atoms with Crippen LogP contribution in [0.25, 0.3) is 0 Å². The van der Waals surface area contributed by atoms with Gasteiger partial charge < -0.3 is 16.5 Å². The van der Waals surface area contributed by atoms with Gasteiger partial charge in [-0.05, 0) is 37.3 Å². The van der Waals surface area contributed by atoms with Gasteiger partial charge in [-0.2, -0.15) is 0 Å². The molecule has 1 aromatic heterocycles. The SMILES string of the molecule is Cl.NC(=O)C(N)Cc1cc2c([nH]c1=O)CCCC2. The molecular formula is C12H18ClN3O2. The summed E-state index contributed by atoms with van der Waals surface area (Å²) in [4.78, 5) is 25.6. The average Bonchev–Trinajstić information content (AvgIpc) is 2.29. The summed E-state index contributed by atoms with van der Waals surface area (Å²) in [6.45, 7) is 0. The molecular weight excluding hydrogens is 254 g/mol. The lowest BCUT2D eigenvalue weighted by molar-refractivity contribution is -0.119. The largest absolute Gasteiger partial charge is 0.368 e. The van der Waals surface area contributed by atoms with Crippen LogP contribution in [-0.2, 0) is 24.1 Å². The van der Waals surface area contributed by atoms with Crippen LogP contribution in [0.5, 0.6) is 0 Å². The first kappa shape index (κ1) is 14.7. The topological polar surface area (TPSA) is 102 Å². The van der Waals surface area contributed by atoms with Crippen LogP contribution in [-0.4, -0.2) is 16.9 Å². The fourth-order valence-electron chi connectivity index (χ4n) is 2.21. The predicted molar refractivity (Wildman–Crippen MR) is 71.8 cm³/mol. The first-order chi connectivity index (χ1) is 8.08. The van der Waals surface area contributed by atoms with Gasteiger partial charge in [0.15, 0.2) is 0 Å². The lowest BCUT2D eigenvalue weighted by atomic mass is 9.94. The molecule has 2 rings (SSSR count). The third kappa shape index (κ3) is 3.11. The summed E-state index contributed by atoms with van der Waals surface area (Å²) in [6, 6.07) is 1.08. The molecule has 5 nitrogen and oxygen atoms in total.